The molecule has 0 unspecified atom stereocenters. The average molecular weight is 326 g/mol. The molecule has 0 aliphatic carbocycles. The van der Waals surface area contributed by atoms with Crippen molar-refractivity contribution < 1.29 is 22.7 Å². The number of hydrogen-bond donors (Lipinski definition) is 1. The number of piperidine rings is 1. The summed E-state index contributed by atoms with van der Waals surface area (Å²) < 4.78 is 41.6. The van der Waals surface area contributed by atoms with Crippen LogP contribution in [0.3, 0.4) is 0 Å². The number of rotatable bonds is 2. The SMILES string of the molecule is CC(=O)N1CCC(c2cc(OC(F)(F)F)cc3[nH]ccc23)CC1. The Morgan fingerprint density at radius 1 is 1.30 bits per heavy atom. The number of aromatic nitrogens is 1. The lowest BCUT2D eigenvalue weighted by Gasteiger charge is -2.32. The van der Waals surface area contributed by atoms with Gasteiger partial charge < -0.3 is 14.6 Å². The molecule has 3 rings (SSSR count). The van der Waals surface area contributed by atoms with Crippen molar-refractivity contribution in [1.29, 1.82) is 0 Å². The summed E-state index contributed by atoms with van der Waals surface area (Å²) in [5.41, 5.74) is 1.46. The number of halogens is 3. The normalized spacial score (nSPS) is 16.8. The van der Waals surface area contributed by atoms with Crippen LogP contribution in [0.5, 0.6) is 5.75 Å². The molecule has 1 aromatic carbocycles. The summed E-state index contributed by atoms with van der Waals surface area (Å²) in [7, 11) is 0. The molecular formula is C16H17F3N2O2. The van der Waals surface area contributed by atoms with E-state index in [1.54, 1.807) is 11.1 Å². The van der Waals surface area contributed by atoms with Crippen LogP contribution in [0.25, 0.3) is 10.9 Å². The lowest BCUT2D eigenvalue weighted by Crippen LogP contribution is -2.36. The fourth-order valence-electron chi connectivity index (χ4n) is 3.20. The smallest absolute Gasteiger partial charge is 0.406 e. The lowest BCUT2D eigenvalue weighted by atomic mass is 9.87. The van der Waals surface area contributed by atoms with Gasteiger partial charge in [-0.25, -0.2) is 0 Å². The molecule has 23 heavy (non-hydrogen) atoms. The van der Waals surface area contributed by atoms with Gasteiger partial charge in [-0.15, -0.1) is 13.2 Å². The Hall–Kier alpha value is -2.18. The van der Waals surface area contributed by atoms with Crippen molar-refractivity contribution in [3.8, 4) is 5.75 Å². The molecule has 1 aliphatic heterocycles. The first-order chi connectivity index (χ1) is 10.8. The van der Waals surface area contributed by atoms with Gasteiger partial charge in [-0.1, -0.05) is 0 Å². The third-order valence-corrected chi connectivity index (χ3v) is 4.29. The quantitative estimate of drug-likeness (QED) is 0.912. The molecule has 0 saturated carbocycles. The number of carbonyl (C=O) groups excluding carboxylic acids is 1. The molecule has 1 fully saturated rings. The lowest BCUT2D eigenvalue weighted by molar-refractivity contribution is -0.274. The molecule has 1 N–H and O–H groups in total. The number of nitrogens with one attached hydrogen (secondary N) is 1. The van der Waals surface area contributed by atoms with Gasteiger partial charge in [0.15, 0.2) is 0 Å². The Bertz CT molecular complexity index is 716. The van der Waals surface area contributed by atoms with E-state index < -0.39 is 6.36 Å². The van der Waals surface area contributed by atoms with Gasteiger partial charge in [-0.2, -0.15) is 0 Å². The van der Waals surface area contributed by atoms with Crippen LogP contribution in [0.2, 0.25) is 0 Å². The Morgan fingerprint density at radius 2 is 2.00 bits per heavy atom. The number of ether oxygens (including phenoxy) is 1. The predicted molar refractivity (Wildman–Crippen MR) is 79.2 cm³/mol. The number of benzene rings is 1. The summed E-state index contributed by atoms with van der Waals surface area (Å²) in [5, 5.41) is 0.904. The maximum atomic E-state index is 12.5. The number of amides is 1. The number of nitrogens with zero attached hydrogens (tertiary/aromatic N) is 1. The molecule has 1 aromatic heterocycles. The fraction of sp³-hybridized carbons (Fsp3) is 0.438. The molecule has 0 atom stereocenters. The summed E-state index contributed by atoms with van der Waals surface area (Å²) in [6.07, 6.45) is -1.55. The van der Waals surface area contributed by atoms with E-state index in [2.05, 4.69) is 9.72 Å². The average Bonchev–Trinajstić information content (AvgIpc) is 2.93. The number of carbonyl (C=O) groups is 1. The maximum absolute atomic E-state index is 12.5. The van der Waals surface area contributed by atoms with Gasteiger partial charge in [0, 0.05) is 43.2 Å². The second-order valence-electron chi connectivity index (χ2n) is 5.78. The minimum absolute atomic E-state index is 0.0318. The summed E-state index contributed by atoms with van der Waals surface area (Å²) in [6.45, 7) is 2.77. The van der Waals surface area contributed by atoms with Crippen molar-refractivity contribution in [2.75, 3.05) is 13.1 Å². The summed E-state index contributed by atoms with van der Waals surface area (Å²) in [6, 6.07) is 4.69. The highest BCUT2D eigenvalue weighted by Gasteiger charge is 2.32. The molecule has 124 valence electrons. The Labute approximate surface area is 131 Å². The molecule has 7 heteroatoms. The van der Waals surface area contributed by atoms with E-state index in [1.807, 2.05) is 6.07 Å². The number of likely N-dealkylation sites (tertiary alicyclic amines) is 1. The van der Waals surface area contributed by atoms with Crippen LogP contribution in [-0.4, -0.2) is 35.2 Å². The summed E-state index contributed by atoms with van der Waals surface area (Å²) >= 11 is 0. The van der Waals surface area contributed by atoms with Gasteiger partial charge in [0.1, 0.15) is 5.75 Å². The first kappa shape index (κ1) is 15.7. The van der Waals surface area contributed by atoms with E-state index in [0.717, 1.165) is 23.8 Å². The zero-order valence-corrected chi connectivity index (χ0v) is 12.6. The highest BCUT2D eigenvalue weighted by Crippen LogP contribution is 2.37. The van der Waals surface area contributed by atoms with Crippen LogP contribution >= 0.6 is 0 Å². The number of aromatic amines is 1. The van der Waals surface area contributed by atoms with Crippen molar-refractivity contribution in [3.05, 3.63) is 30.0 Å². The van der Waals surface area contributed by atoms with Crippen molar-refractivity contribution in [1.82, 2.24) is 9.88 Å². The van der Waals surface area contributed by atoms with Gasteiger partial charge in [-0.05, 0) is 36.5 Å². The Kier molecular flexibility index (Phi) is 3.95. The maximum Gasteiger partial charge on any atom is 0.573 e. The monoisotopic (exact) mass is 326 g/mol. The second kappa shape index (κ2) is 5.79. The molecule has 1 amide bonds. The van der Waals surface area contributed by atoms with Crippen LogP contribution in [0.4, 0.5) is 13.2 Å². The van der Waals surface area contributed by atoms with E-state index in [9.17, 15) is 18.0 Å². The van der Waals surface area contributed by atoms with Gasteiger partial charge in [0.05, 0.1) is 0 Å². The van der Waals surface area contributed by atoms with E-state index in [1.165, 1.54) is 19.1 Å². The van der Waals surface area contributed by atoms with Crippen LogP contribution in [0, 0.1) is 0 Å². The minimum atomic E-state index is -4.71. The molecule has 1 saturated heterocycles. The highest BCUT2D eigenvalue weighted by atomic mass is 19.4. The van der Waals surface area contributed by atoms with Crippen molar-refractivity contribution in [2.45, 2.75) is 32.0 Å². The van der Waals surface area contributed by atoms with Gasteiger partial charge in [-0.3, -0.25) is 4.79 Å². The second-order valence-corrected chi connectivity index (χ2v) is 5.78. The van der Waals surface area contributed by atoms with Crippen LogP contribution in [0.15, 0.2) is 24.4 Å². The molecule has 4 nitrogen and oxygen atoms in total. The van der Waals surface area contributed by atoms with E-state index >= 15 is 0 Å². The fourth-order valence-corrected chi connectivity index (χ4v) is 3.20. The minimum Gasteiger partial charge on any atom is -0.406 e. The largest absolute Gasteiger partial charge is 0.573 e. The first-order valence-corrected chi connectivity index (χ1v) is 7.46. The topological polar surface area (TPSA) is 45.3 Å². The van der Waals surface area contributed by atoms with Crippen molar-refractivity contribution in [3.63, 3.8) is 0 Å². The number of fused-ring (bicyclic) bond motifs is 1. The molecule has 1 aliphatic rings. The number of alkyl halides is 3. The zero-order valence-electron chi connectivity index (χ0n) is 12.6. The zero-order chi connectivity index (χ0) is 16.6. The van der Waals surface area contributed by atoms with E-state index in [4.69, 9.17) is 0 Å². The summed E-state index contributed by atoms with van der Waals surface area (Å²) in [5.74, 6) is -0.0680. The molecule has 2 heterocycles. The predicted octanol–water partition coefficient (Wildman–Crippen LogP) is 3.79. The van der Waals surface area contributed by atoms with E-state index in [-0.39, 0.29) is 17.6 Å². The molecule has 0 radical (unpaired) electrons. The molecule has 2 aromatic rings. The molecule has 0 bridgehead atoms. The van der Waals surface area contributed by atoms with Crippen molar-refractivity contribution in [2.24, 2.45) is 0 Å². The van der Waals surface area contributed by atoms with Crippen LogP contribution in [0.1, 0.15) is 31.2 Å². The van der Waals surface area contributed by atoms with Gasteiger partial charge in [0.25, 0.3) is 0 Å². The standard InChI is InChI=1S/C16H17F3N2O2/c1-10(22)21-6-3-11(4-7-21)14-8-12(23-16(17,18)19)9-15-13(14)2-5-20-15/h2,5,8-9,11,20H,3-4,6-7H2,1H3. The highest BCUT2D eigenvalue weighted by molar-refractivity contribution is 5.85. The third kappa shape index (κ3) is 3.43. The van der Waals surface area contributed by atoms with Gasteiger partial charge >= 0.3 is 6.36 Å². The number of H-pyrrole nitrogens is 1. The Balaban J connectivity index is 1.90. The van der Waals surface area contributed by atoms with Crippen LogP contribution in [-0.2, 0) is 4.79 Å². The molecule has 0 spiro atoms. The van der Waals surface area contributed by atoms with Crippen LogP contribution < -0.4 is 4.74 Å². The van der Waals surface area contributed by atoms with Gasteiger partial charge in [0.2, 0.25) is 5.91 Å². The summed E-state index contributed by atoms with van der Waals surface area (Å²) in [4.78, 5) is 16.1. The molecular weight excluding hydrogens is 309 g/mol. The number of hydrogen-bond acceptors (Lipinski definition) is 2. The first-order valence-electron chi connectivity index (χ1n) is 7.46. The van der Waals surface area contributed by atoms with Crippen molar-refractivity contribution >= 4 is 16.8 Å². The van der Waals surface area contributed by atoms with E-state index in [0.29, 0.717) is 18.6 Å². The Morgan fingerprint density at radius 3 is 2.61 bits per heavy atom. The third-order valence-electron chi connectivity index (χ3n) is 4.29.